The average Bonchev–Trinajstić information content (AvgIpc) is 3.00. The third kappa shape index (κ3) is 3.69. The van der Waals surface area contributed by atoms with Crippen LogP contribution in [0.4, 0.5) is 18.9 Å². The molecule has 2 aromatic carbocycles. The summed E-state index contributed by atoms with van der Waals surface area (Å²) in [5, 5.41) is 10.5. The Balaban J connectivity index is 1.92. The van der Waals surface area contributed by atoms with Gasteiger partial charge >= 0.3 is 6.18 Å². The van der Waals surface area contributed by atoms with Crippen LogP contribution in [0.1, 0.15) is 32.9 Å². The van der Waals surface area contributed by atoms with Crippen LogP contribution in [0.3, 0.4) is 0 Å². The van der Waals surface area contributed by atoms with Crippen LogP contribution in [0.5, 0.6) is 0 Å². The van der Waals surface area contributed by atoms with E-state index >= 15 is 0 Å². The zero-order valence-corrected chi connectivity index (χ0v) is 14.9. The number of nitrogens with zero attached hydrogens (tertiary/aromatic N) is 3. The number of carbonyl (C=O) groups excluding carboxylic acids is 1. The van der Waals surface area contributed by atoms with Gasteiger partial charge in [-0.25, -0.2) is 4.68 Å². The molecule has 1 amide bonds. The molecule has 1 heterocycles. The fourth-order valence-electron chi connectivity index (χ4n) is 2.67. The second kappa shape index (κ2) is 6.86. The molecule has 3 rings (SSSR count). The van der Waals surface area contributed by atoms with Crippen molar-refractivity contribution in [2.24, 2.45) is 0 Å². The van der Waals surface area contributed by atoms with E-state index in [0.29, 0.717) is 11.4 Å². The number of rotatable bonds is 3. The Bertz CT molecular complexity index is 1010. The fourth-order valence-corrected chi connectivity index (χ4v) is 2.67. The highest BCUT2D eigenvalue weighted by atomic mass is 19.4. The van der Waals surface area contributed by atoms with Gasteiger partial charge in [0.05, 0.1) is 16.9 Å². The molecular formula is C19H17F3N4O. The Morgan fingerprint density at radius 1 is 1.07 bits per heavy atom. The van der Waals surface area contributed by atoms with Gasteiger partial charge in [-0.1, -0.05) is 23.4 Å². The van der Waals surface area contributed by atoms with E-state index in [1.165, 1.54) is 16.8 Å². The van der Waals surface area contributed by atoms with Gasteiger partial charge in [-0.3, -0.25) is 4.79 Å². The van der Waals surface area contributed by atoms with Crippen molar-refractivity contribution < 1.29 is 18.0 Å². The maximum absolute atomic E-state index is 12.9. The van der Waals surface area contributed by atoms with E-state index in [1.807, 2.05) is 26.0 Å². The van der Waals surface area contributed by atoms with Gasteiger partial charge in [0.15, 0.2) is 5.69 Å². The average molecular weight is 374 g/mol. The summed E-state index contributed by atoms with van der Waals surface area (Å²) >= 11 is 0. The Hall–Kier alpha value is -3.16. The molecule has 0 unspecified atom stereocenters. The van der Waals surface area contributed by atoms with Crippen LogP contribution in [0.15, 0.2) is 42.5 Å². The molecule has 3 aromatic rings. The zero-order valence-electron chi connectivity index (χ0n) is 14.9. The van der Waals surface area contributed by atoms with E-state index in [4.69, 9.17) is 0 Å². The number of amides is 1. The molecule has 0 bridgehead atoms. The lowest BCUT2D eigenvalue weighted by molar-refractivity contribution is -0.137. The van der Waals surface area contributed by atoms with Gasteiger partial charge in [0.1, 0.15) is 0 Å². The number of nitrogens with one attached hydrogen (secondary N) is 1. The number of hydrogen-bond acceptors (Lipinski definition) is 3. The lowest BCUT2D eigenvalue weighted by Crippen LogP contribution is -2.15. The summed E-state index contributed by atoms with van der Waals surface area (Å²) in [6, 6.07) is 10.2. The molecule has 0 radical (unpaired) electrons. The highest BCUT2D eigenvalue weighted by molar-refractivity contribution is 6.04. The first-order chi connectivity index (χ1) is 12.7. The first-order valence-corrected chi connectivity index (χ1v) is 8.16. The monoisotopic (exact) mass is 374 g/mol. The zero-order chi connectivity index (χ0) is 19.8. The summed E-state index contributed by atoms with van der Waals surface area (Å²) in [5.41, 5.74) is 2.38. The molecule has 0 atom stereocenters. The molecule has 140 valence electrons. The molecule has 0 spiro atoms. The number of halogens is 3. The Kier molecular flexibility index (Phi) is 4.73. The third-order valence-corrected chi connectivity index (χ3v) is 4.38. The Labute approximate surface area is 153 Å². The Morgan fingerprint density at radius 2 is 1.78 bits per heavy atom. The van der Waals surface area contributed by atoms with Crippen molar-refractivity contribution in [1.82, 2.24) is 15.0 Å². The standard InChI is InChI=1S/C19H17F3N4O/c1-11-6-4-9-16(12(11)2)23-18(27)17-13(3)26(25-24-17)15-8-5-7-14(10-15)19(20,21)22/h4-10H,1-3H3,(H,23,27). The first-order valence-electron chi connectivity index (χ1n) is 8.16. The molecule has 8 heteroatoms. The van der Waals surface area contributed by atoms with Gasteiger partial charge in [-0.2, -0.15) is 13.2 Å². The molecule has 0 aliphatic carbocycles. The second-order valence-corrected chi connectivity index (χ2v) is 6.18. The van der Waals surface area contributed by atoms with E-state index in [-0.39, 0.29) is 11.4 Å². The van der Waals surface area contributed by atoms with Crippen LogP contribution in [0.2, 0.25) is 0 Å². The summed E-state index contributed by atoms with van der Waals surface area (Å²) in [7, 11) is 0. The SMILES string of the molecule is Cc1cccc(NC(=O)c2nnn(-c3cccc(C(F)(F)F)c3)c2C)c1C. The van der Waals surface area contributed by atoms with Crippen LogP contribution < -0.4 is 5.32 Å². The predicted octanol–water partition coefficient (Wildman–Crippen LogP) is 4.46. The van der Waals surface area contributed by atoms with Crippen molar-refractivity contribution in [2.75, 3.05) is 5.32 Å². The highest BCUT2D eigenvalue weighted by Gasteiger charge is 2.31. The van der Waals surface area contributed by atoms with Gasteiger partial charge in [0.2, 0.25) is 0 Å². The number of hydrogen-bond donors (Lipinski definition) is 1. The van der Waals surface area contributed by atoms with Crippen LogP contribution in [-0.2, 0) is 6.18 Å². The molecule has 0 fully saturated rings. The summed E-state index contributed by atoms with van der Waals surface area (Å²) in [6.45, 7) is 5.40. The maximum atomic E-state index is 12.9. The van der Waals surface area contributed by atoms with E-state index in [2.05, 4.69) is 15.6 Å². The quantitative estimate of drug-likeness (QED) is 0.736. The number of aromatic nitrogens is 3. The normalized spacial score (nSPS) is 11.5. The van der Waals surface area contributed by atoms with Crippen molar-refractivity contribution in [3.05, 3.63) is 70.5 Å². The number of carbonyl (C=O) groups is 1. The van der Waals surface area contributed by atoms with Crippen LogP contribution >= 0.6 is 0 Å². The molecule has 0 aliphatic rings. The van der Waals surface area contributed by atoms with Gasteiger partial charge in [0.25, 0.3) is 5.91 Å². The number of anilines is 1. The summed E-state index contributed by atoms with van der Waals surface area (Å²) < 4.78 is 40.0. The summed E-state index contributed by atoms with van der Waals surface area (Å²) in [5.74, 6) is -0.473. The van der Waals surface area contributed by atoms with E-state index < -0.39 is 17.6 Å². The van der Waals surface area contributed by atoms with Gasteiger partial charge in [0, 0.05) is 5.69 Å². The van der Waals surface area contributed by atoms with Gasteiger partial charge in [-0.15, -0.1) is 5.10 Å². The van der Waals surface area contributed by atoms with Gasteiger partial charge < -0.3 is 5.32 Å². The lowest BCUT2D eigenvalue weighted by Gasteiger charge is -2.10. The minimum Gasteiger partial charge on any atom is -0.320 e. The van der Waals surface area contributed by atoms with Crippen molar-refractivity contribution in [2.45, 2.75) is 26.9 Å². The van der Waals surface area contributed by atoms with Gasteiger partial charge in [-0.05, 0) is 56.2 Å². The highest BCUT2D eigenvalue weighted by Crippen LogP contribution is 2.30. The topological polar surface area (TPSA) is 59.8 Å². The minimum atomic E-state index is -4.46. The van der Waals surface area contributed by atoms with E-state index in [1.54, 1.807) is 13.0 Å². The van der Waals surface area contributed by atoms with Crippen molar-refractivity contribution in [3.8, 4) is 5.69 Å². The fraction of sp³-hybridized carbons (Fsp3) is 0.211. The molecule has 27 heavy (non-hydrogen) atoms. The lowest BCUT2D eigenvalue weighted by atomic mass is 10.1. The Morgan fingerprint density at radius 3 is 2.48 bits per heavy atom. The molecule has 5 nitrogen and oxygen atoms in total. The van der Waals surface area contributed by atoms with Crippen molar-refractivity contribution in [3.63, 3.8) is 0 Å². The summed E-state index contributed by atoms with van der Waals surface area (Å²) in [4.78, 5) is 12.6. The first kappa shape index (κ1) is 18.6. The van der Waals surface area contributed by atoms with Crippen LogP contribution in [-0.4, -0.2) is 20.9 Å². The van der Waals surface area contributed by atoms with Crippen LogP contribution in [0.25, 0.3) is 5.69 Å². The molecule has 0 saturated carbocycles. The number of benzene rings is 2. The van der Waals surface area contributed by atoms with E-state index in [0.717, 1.165) is 23.3 Å². The minimum absolute atomic E-state index is 0.0494. The van der Waals surface area contributed by atoms with Crippen molar-refractivity contribution >= 4 is 11.6 Å². The van der Waals surface area contributed by atoms with Crippen LogP contribution in [0, 0.1) is 20.8 Å². The van der Waals surface area contributed by atoms with Crippen molar-refractivity contribution in [1.29, 1.82) is 0 Å². The number of aryl methyl sites for hydroxylation is 1. The van der Waals surface area contributed by atoms with E-state index in [9.17, 15) is 18.0 Å². The number of alkyl halides is 3. The predicted molar refractivity (Wildman–Crippen MR) is 95.0 cm³/mol. The summed E-state index contributed by atoms with van der Waals surface area (Å²) in [6.07, 6.45) is -4.46. The largest absolute Gasteiger partial charge is 0.416 e. The molecule has 0 saturated heterocycles. The second-order valence-electron chi connectivity index (χ2n) is 6.18. The smallest absolute Gasteiger partial charge is 0.320 e. The third-order valence-electron chi connectivity index (χ3n) is 4.38. The molecular weight excluding hydrogens is 357 g/mol. The maximum Gasteiger partial charge on any atom is 0.416 e. The molecule has 1 aromatic heterocycles. The molecule has 0 aliphatic heterocycles. The molecule has 1 N–H and O–H groups in total.